The second-order valence-electron chi connectivity index (χ2n) is 6.58. The van der Waals surface area contributed by atoms with E-state index in [4.69, 9.17) is 4.74 Å². The van der Waals surface area contributed by atoms with Crippen molar-refractivity contribution in [2.75, 3.05) is 26.2 Å². The lowest BCUT2D eigenvalue weighted by atomic mass is 10.1. The van der Waals surface area contributed by atoms with E-state index >= 15 is 0 Å². The lowest BCUT2D eigenvalue weighted by Gasteiger charge is -2.23. The Labute approximate surface area is 172 Å². The van der Waals surface area contributed by atoms with E-state index in [-0.39, 0.29) is 43.2 Å². The maximum absolute atomic E-state index is 12.5. The molecule has 1 amide bonds. The van der Waals surface area contributed by atoms with Crippen LogP contribution in [0, 0.1) is 6.92 Å². The van der Waals surface area contributed by atoms with Crippen LogP contribution < -0.4 is 15.4 Å². The number of nitrogens with one attached hydrogen (secondary N) is 2. The van der Waals surface area contributed by atoms with Crippen LogP contribution in [0.25, 0.3) is 0 Å². The van der Waals surface area contributed by atoms with Gasteiger partial charge in [-0.25, -0.2) is 4.68 Å². The fourth-order valence-electron chi connectivity index (χ4n) is 3.11. The van der Waals surface area contributed by atoms with Crippen molar-refractivity contribution in [2.45, 2.75) is 32.0 Å². The fourth-order valence-corrected chi connectivity index (χ4v) is 3.11. The van der Waals surface area contributed by atoms with Crippen molar-refractivity contribution in [1.82, 2.24) is 25.6 Å². The number of aromatic nitrogens is 3. The Morgan fingerprint density at radius 1 is 1.28 bits per heavy atom. The third-order valence-corrected chi connectivity index (χ3v) is 4.64. The normalized spacial score (nSPS) is 14.9. The summed E-state index contributed by atoms with van der Waals surface area (Å²) in [5.41, 5.74) is 0.251. The largest absolute Gasteiger partial charge is 0.492 e. The van der Waals surface area contributed by atoms with Crippen LogP contribution in [0.1, 0.15) is 40.6 Å². The number of piperidine rings is 1. The van der Waals surface area contributed by atoms with Gasteiger partial charge in [0.05, 0.1) is 23.8 Å². The molecule has 0 atom stereocenters. The summed E-state index contributed by atoms with van der Waals surface area (Å²) in [6, 6.07) is 4.64. The van der Waals surface area contributed by atoms with Crippen LogP contribution in [-0.4, -0.2) is 47.1 Å². The zero-order valence-electron chi connectivity index (χ0n) is 15.8. The Balaban J connectivity index is 0.00000300. The van der Waals surface area contributed by atoms with Crippen molar-refractivity contribution in [2.24, 2.45) is 0 Å². The number of benzene rings is 1. The summed E-state index contributed by atoms with van der Waals surface area (Å²) in [7, 11) is 0. The van der Waals surface area contributed by atoms with Gasteiger partial charge in [-0.2, -0.15) is 13.2 Å². The molecule has 0 saturated carbocycles. The number of halogens is 4. The minimum Gasteiger partial charge on any atom is -0.492 e. The summed E-state index contributed by atoms with van der Waals surface area (Å²) in [6.07, 6.45) is -2.51. The first-order chi connectivity index (χ1) is 13.4. The summed E-state index contributed by atoms with van der Waals surface area (Å²) in [4.78, 5) is 12.3. The molecule has 1 saturated heterocycles. The van der Waals surface area contributed by atoms with Gasteiger partial charge in [-0.1, -0.05) is 5.21 Å². The van der Waals surface area contributed by atoms with E-state index in [9.17, 15) is 18.0 Å². The molecule has 0 radical (unpaired) electrons. The van der Waals surface area contributed by atoms with Gasteiger partial charge in [0, 0.05) is 0 Å². The monoisotopic (exact) mass is 433 g/mol. The van der Waals surface area contributed by atoms with Gasteiger partial charge in [-0.05, 0) is 57.1 Å². The maximum Gasteiger partial charge on any atom is 0.416 e. The van der Waals surface area contributed by atoms with Gasteiger partial charge in [-0.3, -0.25) is 4.79 Å². The van der Waals surface area contributed by atoms with Gasteiger partial charge in [0.1, 0.15) is 12.4 Å². The molecule has 1 fully saturated rings. The minimum absolute atomic E-state index is 0. The number of rotatable bonds is 6. The van der Waals surface area contributed by atoms with Gasteiger partial charge in [-0.15, -0.1) is 17.5 Å². The van der Waals surface area contributed by atoms with E-state index < -0.39 is 11.7 Å². The predicted octanol–water partition coefficient (Wildman–Crippen LogP) is 2.76. The molecule has 160 valence electrons. The molecule has 1 aromatic carbocycles. The number of alkyl halides is 3. The van der Waals surface area contributed by atoms with Gasteiger partial charge in [0.15, 0.2) is 5.69 Å². The first-order valence-electron chi connectivity index (χ1n) is 9.07. The molecular formula is C18H23ClF3N5O2. The molecule has 1 aromatic heterocycles. The SMILES string of the molecule is Cc1c(C(=O)NCCOc2ccc(C(F)(F)F)cc2)nnn1C1CCNCC1.Cl. The van der Waals surface area contributed by atoms with Crippen LogP contribution in [0.2, 0.25) is 0 Å². The Bertz CT molecular complexity index is 805. The summed E-state index contributed by atoms with van der Waals surface area (Å²) < 4.78 is 44.7. The van der Waals surface area contributed by atoms with E-state index in [1.165, 1.54) is 12.1 Å². The van der Waals surface area contributed by atoms with Crippen molar-refractivity contribution in [3.05, 3.63) is 41.2 Å². The summed E-state index contributed by atoms with van der Waals surface area (Å²) in [5.74, 6) is -0.0519. The van der Waals surface area contributed by atoms with Gasteiger partial charge in [0.2, 0.25) is 0 Å². The highest BCUT2D eigenvalue weighted by molar-refractivity contribution is 5.93. The lowest BCUT2D eigenvalue weighted by Crippen LogP contribution is -2.31. The smallest absolute Gasteiger partial charge is 0.416 e. The fraction of sp³-hybridized carbons (Fsp3) is 0.500. The second kappa shape index (κ2) is 9.93. The molecular weight excluding hydrogens is 411 g/mol. The van der Waals surface area contributed by atoms with Gasteiger partial charge in [0.25, 0.3) is 5.91 Å². The number of hydrogen-bond acceptors (Lipinski definition) is 5. The third-order valence-electron chi connectivity index (χ3n) is 4.64. The number of hydrogen-bond donors (Lipinski definition) is 2. The number of carbonyl (C=O) groups excluding carboxylic acids is 1. The Morgan fingerprint density at radius 2 is 1.93 bits per heavy atom. The van der Waals surface area contributed by atoms with Crippen LogP contribution in [0.4, 0.5) is 13.2 Å². The summed E-state index contributed by atoms with van der Waals surface area (Å²) >= 11 is 0. The molecule has 2 heterocycles. The number of nitrogens with zero attached hydrogens (tertiary/aromatic N) is 3. The van der Waals surface area contributed by atoms with Crippen LogP contribution in [0.5, 0.6) is 5.75 Å². The molecule has 1 aliphatic rings. The highest BCUT2D eigenvalue weighted by Crippen LogP contribution is 2.30. The quantitative estimate of drug-likeness (QED) is 0.685. The van der Waals surface area contributed by atoms with Crippen molar-refractivity contribution in [3.63, 3.8) is 0 Å². The average Bonchev–Trinajstić information content (AvgIpc) is 3.07. The van der Waals surface area contributed by atoms with Crippen LogP contribution in [0.3, 0.4) is 0 Å². The molecule has 1 aliphatic heterocycles. The zero-order valence-corrected chi connectivity index (χ0v) is 16.6. The summed E-state index contributed by atoms with van der Waals surface area (Å²) in [5, 5.41) is 14.1. The maximum atomic E-state index is 12.5. The van der Waals surface area contributed by atoms with Gasteiger partial charge < -0.3 is 15.4 Å². The average molecular weight is 434 g/mol. The predicted molar refractivity (Wildman–Crippen MR) is 102 cm³/mol. The molecule has 0 aliphatic carbocycles. The van der Waals surface area contributed by atoms with Crippen LogP contribution in [0.15, 0.2) is 24.3 Å². The van der Waals surface area contributed by atoms with E-state index in [1.54, 1.807) is 4.68 Å². The van der Waals surface area contributed by atoms with E-state index in [0.29, 0.717) is 11.4 Å². The minimum atomic E-state index is -4.38. The Hall–Kier alpha value is -2.33. The number of carbonyl (C=O) groups is 1. The molecule has 29 heavy (non-hydrogen) atoms. The molecule has 3 rings (SSSR count). The van der Waals surface area contributed by atoms with Crippen molar-refractivity contribution < 1.29 is 22.7 Å². The molecule has 11 heteroatoms. The van der Waals surface area contributed by atoms with Crippen LogP contribution >= 0.6 is 12.4 Å². The van der Waals surface area contributed by atoms with E-state index in [1.807, 2.05) is 6.92 Å². The molecule has 0 spiro atoms. The van der Waals surface area contributed by atoms with Crippen LogP contribution in [-0.2, 0) is 6.18 Å². The standard InChI is InChI=1S/C18H22F3N5O2.ClH/c1-12-16(24-25-26(12)14-6-8-22-9-7-14)17(27)23-10-11-28-15-4-2-13(3-5-15)18(19,20)21;/h2-5,14,22H,6-11H2,1H3,(H,23,27);1H. The molecule has 2 N–H and O–H groups in total. The molecule has 0 unspecified atom stereocenters. The highest BCUT2D eigenvalue weighted by Gasteiger charge is 2.30. The highest BCUT2D eigenvalue weighted by atomic mass is 35.5. The third kappa shape index (κ3) is 5.83. The zero-order chi connectivity index (χ0) is 20.1. The first-order valence-corrected chi connectivity index (χ1v) is 9.07. The second-order valence-corrected chi connectivity index (χ2v) is 6.58. The van der Waals surface area contributed by atoms with Crippen molar-refractivity contribution >= 4 is 18.3 Å². The molecule has 2 aromatic rings. The number of ether oxygens (including phenoxy) is 1. The van der Waals surface area contributed by atoms with E-state index in [2.05, 4.69) is 20.9 Å². The Morgan fingerprint density at radius 3 is 2.55 bits per heavy atom. The van der Waals surface area contributed by atoms with Gasteiger partial charge >= 0.3 is 6.18 Å². The van der Waals surface area contributed by atoms with Crippen molar-refractivity contribution in [1.29, 1.82) is 0 Å². The van der Waals surface area contributed by atoms with Crippen molar-refractivity contribution in [3.8, 4) is 5.75 Å². The Kier molecular flexibility index (Phi) is 7.86. The lowest BCUT2D eigenvalue weighted by molar-refractivity contribution is -0.137. The molecule has 0 bridgehead atoms. The molecule has 7 nitrogen and oxygen atoms in total. The number of amides is 1. The topological polar surface area (TPSA) is 81.1 Å². The summed E-state index contributed by atoms with van der Waals surface area (Å²) in [6.45, 7) is 3.95. The first kappa shape index (κ1) is 23.0. The van der Waals surface area contributed by atoms with E-state index in [0.717, 1.165) is 38.1 Å².